The zero-order chi connectivity index (χ0) is 12.8. The van der Waals surface area contributed by atoms with Crippen LogP contribution in [0.3, 0.4) is 0 Å². The average molecular weight is 269 g/mol. The minimum absolute atomic E-state index is 0.102. The lowest BCUT2D eigenvalue weighted by atomic mass is 9.78. The maximum atomic E-state index is 12.5. The zero-order valence-electron chi connectivity index (χ0n) is 10.6. The second-order valence-corrected chi connectivity index (χ2v) is 5.37. The van der Waals surface area contributed by atoms with Gasteiger partial charge in [0.05, 0.1) is 12.0 Å². The van der Waals surface area contributed by atoms with Crippen LogP contribution in [0, 0.1) is 0 Å². The molecule has 18 heavy (non-hydrogen) atoms. The van der Waals surface area contributed by atoms with Gasteiger partial charge in [-0.25, -0.2) is 0 Å². The first-order valence-electron chi connectivity index (χ1n) is 6.18. The van der Waals surface area contributed by atoms with E-state index in [-0.39, 0.29) is 5.91 Å². The van der Waals surface area contributed by atoms with E-state index >= 15 is 0 Å². The molecule has 1 aliphatic rings. The van der Waals surface area contributed by atoms with E-state index in [2.05, 4.69) is 5.32 Å². The fourth-order valence-electron chi connectivity index (χ4n) is 2.29. The molecule has 0 spiro atoms. The van der Waals surface area contributed by atoms with Crippen LogP contribution in [0.25, 0.3) is 0 Å². The monoisotopic (exact) mass is 269 g/mol. The SMILES string of the molecule is COCCNC(=O)C1(c2cccs2)CCOCC1. The van der Waals surface area contributed by atoms with E-state index in [0.29, 0.717) is 26.4 Å². The number of carbonyl (C=O) groups excluding carboxylic acids is 1. The zero-order valence-corrected chi connectivity index (χ0v) is 11.4. The largest absolute Gasteiger partial charge is 0.383 e. The summed E-state index contributed by atoms with van der Waals surface area (Å²) in [5.41, 5.74) is -0.403. The van der Waals surface area contributed by atoms with E-state index < -0.39 is 5.41 Å². The maximum absolute atomic E-state index is 12.5. The van der Waals surface area contributed by atoms with Gasteiger partial charge in [0.25, 0.3) is 0 Å². The summed E-state index contributed by atoms with van der Waals surface area (Å²) in [6.45, 7) is 2.40. The molecule has 1 aromatic heterocycles. The molecule has 1 aromatic rings. The van der Waals surface area contributed by atoms with Gasteiger partial charge >= 0.3 is 0 Å². The fraction of sp³-hybridized carbons (Fsp3) is 0.615. The van der Waals surface area contributed by atoms with Crippen LogP contribution in [0.5, 0.6) is 0 Å². The molecule has 1 amide bonds. The summed E-state index contributed by atoms with van der Waals surface area (Å²) in [6.07, 6.45) is 1.51. The molecule has 1 fully saturated rings. The molecule has 4 nitrogen and oxygen atoms in total. The molecule has 1 N–H and O–H groups in total. The predicted octanol–water partition coefficient (Wildman–Crippen LogP) is 1.56. The molecule has 2 rings (SSSR count). The second kappa shape index (κ2) is 6.31. The van der Waals surface area contributed by atoms with E-state index in [0.717, 1.165) is 17.7 Å². The van der Waals surface area contributed by atoms with Crippen LogP contribution in [0.2, 0.25) is 0 Å². The van der Waals surface area contributed by atoms with Gasteiger partial charge in [-0.2, -0.15) is 0 Å². The van der Waals surface area contributed by atoms with Crippen molar-refractivity contribution in [2.24, 2.45) is 0 Å². The van der Waals surface area contributed by atoms with Crippen LogP contribution in [-0.2, 0) is 19.7 Å². The van der Waals surface area contributed by atoms with Gasteiger partial charge < -0.3 is 14.8 Å². The van der Waals surface area contributed by atoms with Crippen molar-refractivity contribution in [1.82, 2.24) is 5.32 Å². The first kappa shape index (κ1) is 13.5. The summed E-state index contributed by atoms with van der Waals surface area (Å²) in [7, 11) is 1.63. The topological polar surface area (TPSA) is 47.6 Å². The number of hydrogen-bond donors (Lipinski definition) is 1. The molecule has 1 aliphatic heterocycles. The van der Waals surface area contributed by atoms with Crippen LogP contribution in [0.1, 0.15) is 17.7 Å². The summed E-state index contributed by atoms with van der Waals surface area (Å²) in [6, 6.07) is 4.05. The van der Waals surface area contributed by atoms with Crippen LogP contribution in [0.4, 0.5) is 0 Å². The minimum atomic E-state index is -0.403. The van der Waals surface area contributed by atoms with Crippen LogP contribution in [0.15, 0.2) is 17.5 Å². The lowest BCUT2D eigenvalue weighted by Gasteiger charge is -2.35. The van der Waals surface area contributed by atoms with Gasteiger partial charge in [-0.15, -0.1) is 11.3 Å². The Labute approximate surface area is 111 Å². The highest BCUT2D eigenvalue weighted by molar-refractivity contribution is 7.10. The molecule has 0 atom stereocenters. The van der Waals surface area contributed by atoms with Gasteiger partial charge in [-0.1, -0.05) is 6.07 Å². The number of carbonyl (C=O) groups is 1. The Kier molecular flexibility index (Phi) is 4.74. The van der Waals surface area contributed by atoms with Crippen molar-refractivity contribution in [3.8, 4) is 0 Å². The van der Waals surface area contributed by atoms with Crippen LogP contribution >= 0.6 is 11.3 Å². The van der Waals surface area contributed by atoms with Crippen molar-refractivity contribution < 1.29 is 14.3 Å². The normalized spacial score (nSPS) is 18.5. The summed E-state index contributed by atoms with van der Waals surface area (Å²) >= 11 is 1.65. The number of thiophene rings is 1. The van der Waals surface area contributed by atoms with Crippen LogP contribution < -0.4 is 5.32 Å². The molecule has 5 heteroatoms. The third kappa shape index (κ3) is 2.74. The molecule has 0 aliphatic carbocycles. The van der Waals surface area contributed by atoms with E-state index in [1.165, 1.54) is 0 Å². The molecule has 2 heterocycles. The molecular formula is C13H19NO3S. The Bertz CT molecular complexity index is 372. The van der Waals surface area contributed by atoms with Gasteiger partial charge in [0.1, 0.15) is 0 Å². The summed E-state index contributed by atoms with van der Waals surface area (Å²) in [5, 5.41) is 4.99. The number of nitrogens with one attached hydrogen (secondary N) is 1. The Morgan fingerprint density at radius 2 is 2.33 bits per heavy atom. The maximum Gasteiger partial charge on any atom is 0.231 e. The lowest BCUT2D eigenvalue weighted by molar-refractivity contribution is -0.130. The smallest absolute Gasteiger partial charge is 0.231 e. The molecule has 0 unspecified atom stereocenters. The van der Waals surface area contributed by atoms with Crippen molar-refractivity contribution in [2.75, 3.05) is 33.5 Å². The molecule has 0 bridgehead atoms. The highest BCUT2D eigenvalue weighted by atomic mass is 32.1. The molecule has 0 aromatic carbocycles. The Morgan fingerprint density at radius 1 is 1.56 bits per heavy atom. The Morgan fingerprint density at radius 3 is 2.94 bits per heavy atom. The number of hydrogen-bond acceptors (Lipinski definition) is 4. The predicted molar refractivity (Wildman–Crippen MR) is 70.9 cm³/mol. The molecule has 0 radical (unpaired) electrons. The third-order valence-electron chi connectivity index (χ3n) is 3.37. The fourth-order valence-corrected chi connectivity index (χ4v) is 3.28. The summed E-state index contributed by atoms with van der Waals surface area (Å²) in [5.74, 6) is 0.102. The van der Waals surface area contributed by atoms with Gasteiger partial charge in [-0.3, -0.25) is 4.79 Å². The van der Waals surface area contributed by atoms with Crippen molar-refractivity contribution in [2.45, 2.75) is 18.3 Å². The number of rotatable bonds is 5. The van der Waals surface area contributed by atoms with E-state index in [9.17, 15) is 4.79 Å². The van der Waals surface area contributed by atoms with Crippen molar-refractivity contribution >= 4 is 17.2 Å². The number of amides is 1. The van der Waals surface area contributed by atoms with Crippen molar-refractivity contribution in [3.63, 3.8) is 0 Å². The Balaban J connectivity index is 2.12. The first-order chi connectivity index (χ1) is 8.79. The van der Waals surface area contributed by atoms with Gasteiger partial charge in [0.2, 0.25) is 5.91 Å². The molecule has 0 saturated carbocycles. The first-order valence-corrected chi connectivity index (χ1v) is 7.06. The standard InChI is InChI=1S/C13H19NO3S/c1-16-9-6-14-12(15)13(4-7-17-8-5-13)11-3-2-10-18-11/h2-3,10H,4-9H2,1H3,(H,14,15). The lowest BCUT2D eigenvalue weighted by Crippen LogP contribution is -2.48. The van der Waals surface area contributed by atoms with E-state index in [4.69, 9.17) is 9.47 Å². The average Bonchev–Trinajstić information content (AvgIpc) is 2.94. The van der Waals surface area contributed by atoms with E-state index in [1.54, 1.807) is 18.4 Å². The van der Waals surface area contributed by atoms with Gasteiger partial charge in [0, 0.05) is 31.7 Å². The van der Waals surface area contributed by atoms with Gasteiger partial charge in [0.15, 0.2) is 0 Å². The quantitative estimate of drug-likeness (QED) is 0.825. The Hall–Kier alpha value is -0.910. The second-order valence-electron chi connectivity index (χ2n) is 4.42. The highest BCUT2D eigenvalue weighted by Crippen LogP contribution is 2.37. The molecule has 1 saturated heterocycles. The van der Waals surface area contributed by atoms with Gasteiger partial charge in [-0.05, 0) is 24.3 Å². The number of ether oxygens (including phenoxy) is 2. The number of methoxy groups -OCH3 is 1. The minimum Gasteiger partial charge on any atom is -0.383 e. The summed E-state index contributed by atoms with van der Waals surface area (Å²) < 4.78 is 10.4. The van der Waals surface area contributed by atoms with Crippen LogP contribution in [-0.4, -0.2) is 39.4 Å². The molecular weight excluding hydrogens is 250 g/mol. The van der Waals surface area contributed by atoms with Crippen molar-refractivity contribution in [3.05, 3.63) is 22.4 Å². The summed E-state index contributed by atoms with van der Waals surface area (Å²) in [4.78, 5) is 13.6. The third-order valence-corrected chi connectivity index (χ3v) is 4.44. The highest BCUT2D eigenvalue weighted by Gasteiger charge is 2.42. The van der Waals surface area contributed by atoms with E-state index in [1.807, 2.05) is 17.5 Å². The van der Waals surface area contributed by atoms with Crippen molar-refractivity contribution in [1.29, 1.82) is 0 Å². The molecule has 100 valence electrons.